The first-order valence-electron chi connectivity index (χ1n) is 9.20. The van der Waals surface area contributed by atoms with Gasteiger partial charge < -0.3 is 10.2 Å². The Bertz CT molecular complexity index is 682. The van der Waals surface area contributed by atoms with Crippen molar-refractivity contribution in [3.63, 3.8) is 0 Å². The molecule has 1 aliphatic rings. The number of piperazine rings is 1. The minimum atomic E-state index is 0.195. The summed E-state index contributed by atoms with van der Waals surface area (Å²) in [5.41, 5.74) is 2.56. The summed E-state index contributed by atoms with van der Waals surface area (Å²) in [7, 11) is 0. The van der Waals surface area contributed by atoms with E-state index in [0.29, 0.717) is 6.54 Å². The monoisotopic (exact) mass is 371 g/mol. The van der Waals surface area contributed by atoms with Crippen molar-refractivity contribution in [1.82, 2.24) is 15.1 Å². The van der Waals surface area contributed by atoms with Gasteiger partial charge in [0.25, 0.3) is 0 Å². The van der Waals surface area contributed by atoms with Gasteiger partial charge in [0, 0.05) is 37.7 Å². The Balaban J connectivity index is 1.32. The van der Waals surface area contributed by atoms with E-state index in [2.05, 4.69) is 34.5 Å². The largest absolute Gasteiger partial charge is 0.339 e. The third kappa shape index (κ3) is 5.84. The number of amides is 1. The summed E-state index contributed by atoms with van der Waals surface area (Å²) in [4.78, 5) is 16.7. The molecule has 0 radical (unpaired) electrons. The maximum absolute atomic E-state index is 12.3. The standard InChI is InChI=1S/C21H26ClN3O/c22-20-8-6-18(7-9-20)10-11-23-16-21(26)25-14-12-24(13-15-25)17-19-4-2-1-3-5-19/h1-9,23H,10-17H2. The Labute approximate surface area is 160 Å². The van der Waals surface area contributed by atoms with Crippen molar-refractivity contribution in [2.75, 3.05) is 39.3 Å². The van der Waals surface area contributed by atoms with Crippen LogP contribution in [0.15, 0.2) is 54.6 Å². The maximum atomic E-state index is 12.3. The molecule has 0 aliphatic carbocycles. The molecule has 3 rings (SSSR count). The number of nitrogens with zero attached hydrogens (tertiary/aromatic N) is 2. The molecule has 1 heterocycles. The van der Waals surface area contributed by atoms with E-state index in [1.54, 1.807) is 0 Å². The van der Waals surface area contributed by atoms with E-state index in [1.807, 2.05) is 35.2 Å². The molecule has 0 unspecified atom stereocenters. The third-order valence-corrected chi connectivity index (χ3v) is 5.01. The van der Waals surface area contributed by atoms with Gasteiger partial charge >= 0.3 is 0 Å². The smallest absolute Gasteiger partial charge is 0.236 e. The molecule has 0 saturated carbocycles. The molecule has 2 aromatic rings. The van der Waals surface area contributed by atoms with Gasteiger partial charge in [-0.1, -0.05) is 54.1 Å². The van der Waals surface area contributed by atoms with Gasteiger partial charge in [0.1, 0.15) is 0 Å². The van der Waals surface area contributed by atoms with Crippen molar-refractivity contribution < 1.29 is 4.79 Å². The van der Waals surface area contributed by atoms with E-state index in [4.69, 9.17) is 11.6 Å². The van der Waals surface area contributed by atoms with Gasteiger partial charge in [-0.2, -0.15) is 0 Å². The Morgan fingerprint density at radius 3 is 2.31 bits per heavy atom. The van der Waals surface area contributed by atoms with Crippen LogP contribution in [0.2, 0.25) is 5.02 Å². The number of carbonyl (C=O) groups is 1. The molecule has 5 heteroatoms. The number of rotatable bonds is 7. The highest BCUT2D eigenvalue weighted by Gasteiger charge is 2.20. The average molecular weight is 372 g/mol. The van der Waals surface area contributed by atoms with E-state index in [1.165, 1.54) is 11.1 Å². The summed E-state index contributed by atoms with van der Waals surface area (Å²) in [6.07, 6.45) is 0.898. The van der Waals surface area contributed by atoms with Crippen LogP contribution in [0.1, 0.15) is 11.1 Å². The lowest BCUT2D eigenvalue weighted by atomic mass is 10.1. The van der Waals surface area contributed by atoms with Crippen molar-refractivity contribution in [3.8, 4) is 0 Å². The number of carbonyl (C=O) groups excluding carboxylic acids is 1. The van der Waals surface area contributed by atoms with Crippen LogP contribution < -0.4 is 5.32 Å². The van der Waals surface area contributed by atoms with E-state index in [0.717, 1.165) is 50.7 Å². The number of benzene rings is 2. The van der Waals surface area contributed by atoms with E-state index in [-0.39, 0.29) is 5.91 Å². The Hall–Kier alpha value is -1.88. The van der Waals surface area contributed by atoms with Crippen molar-refractivity contribution in [1.29, 1.82) is 0 Å². The fourth-order valence-corrected chi connectivity index (χ4v) is 3.31. The molecule has 0 atom stereocenters. The summed E-state index contributed by atoms with van der Waals surface area (Å²) in [5, 5.41) is 4.01. The third-order valence-electron chi connectivity index (χ3n) is 4.75. The molecule has 26 heavy (non-hydrogen) atoms. The first-order valence-corrected chi connectivity index (χ1v) is 9.58. The molecule has 2 aromatic carbocycles. The second-order valence-electron chi connectivity index (χ2n) is 6.70. The topological polar surface area (TPSA) is 35.6 Å². The molecule has 0 bridgehead atoms. The second-order valence-corrected chi connectivity index (χ2v) is 7.13. The number of nitrogens with one attached hydrogen (secondary N) is 1. The van der Waals surface area contributed by atoms with Crippen molar-refractivity contribution in [3.05, 3.63) is 70.7 Å². The minimum absolute atomic E-state index is 0.195. The van der Waals surface area contributed by atoms with Crippen LogP contribution in [-0.2, 0) is 17.8 Å². The Morgan fingerprint density at radius 1 is 0.923 bits per heavy atom. The zero-order valence-corrected chi connectivity index (χ0v) is 15.8. The van der Waals surface area contributed by atoms with Gasteiger partial charge in [-0.3, -0.25) is 9.69 Å². The molecule has 1 fully saturated rings. The van der Waals surface area contributed by atoms with Crippen LogP contribution in [-0.4, -0.2) is 55.0 Å². The average Bonchev–Trinajstić information content (AvgIpc) is 2.68. The first kappa shape index (κ1) is 18.9. The molecular formula is C21H26ClN3O. The summed E-state index contributed by atoms with van der Waals surface area (Å²) in [6.45, 7) is 5.65. The Kier molecular flexibility index (Phi) is 7.06. The number of hydrogen-bond acceptors (Lipinski definition) is 3. The highest BCUT2D eigenvalue weighted by atomic mass is 35.5. The minimum Gasteiger partial charge on any atom is -0.339 e. The normalized spacial score (nSPS) is 15.2. The lowest BCUT2D eigenvalue weighted by Crippen LogP contribution is -2.50. The van der Waals surface area contributed by atoms with Crippen molar-refractivity contribution in [2.24, 2.45) is 0 Å². The van der Waals surface area contributed by atoms with Gasteiger partial charge in [-0.05, 0) is 36.2 Å². The number of halogens is 1. The van der Waals surface area contributed by atoms with Crippen molar-refractivity contribution in [2.45, 2.75) is 13.0 Å². The summed E-state index contributed by atoms with van der Waals surface area (Å²) in [6, 6.07) is 18.4. The summed E-state index contributed by atoms with van der Waals surface area (Å²) < 4.78 is 0. The molecule has 1 aliphatic heterocycles. The molecule has 1 N–H and O–H groups in total. The molecular weight excluding hydrogens is 346 g/mol. The fraction of sp³-hybridized carbons (Fsp3) is 0.381. The van der Waals surface area contributed by atoms with Gasteiger partial charge in [0.2, 0.25) is 5.91 Å². The predicted molar refractivity (Wildman–Crippen MR) is 106 cm³/mol. The molecule has 1 saturated heterocycles. The SMILES string of the molecule is O=C(CNCCc1ccc(Cl)cc1)N1CCN(Cc2ccccc2)CC1. The lowest BCUT2D eigenvalue weighted by Gasteiger charge is -2.34. The van der Waals surface area contributed by atoms with Crippen LogP contribution in [0.25, 0.3) is 0 Å². The zero-order chi connectivity index (χ0) is 18.2. The highest BCUT2D eigenvalue weighted by Crippen LogP contribution is 2.10. The number of hydrogen-bond donors (Lipinski definition) is 1. The Morgan fingerprint density at radius 2 is 1.62 bits per heavy atom. The van der Waals surface area contributed by atoms with Crippen LogP contribution in [0.3, 0.4) is 0 Å². The quantitative estimate of drug-likeness (QED) is 0.760. The predicted octanol–water partition coefficient (Wildman–Crippen LogP) is 2.82. The summed E-state index contributed by atoms with van der Waals surface area (Å²) >= 11 is 5.89. The van der Waals surface area contributed by atoms with Crippen LogP contribution in [0, 0.1) is 0 Å². The van der Waals surface area contributed by atoms with Crippen LogP contribution >= 0.6 is 11.6 Å². The van der Waals surface area contributed by atoms with Gasteiger partial charge in [-0.25, -0.2) is 0 Å². The highest BCUT2D eigenvalue weighted by molar-refractivity contribution is 6.30. The molecule has 138 valence electrons. The molecule has 0 spiro atoms. The van der Waals surface area contributed by atoms with Gasteiger partial charge in [0.15, 0.2) is 0 Å². The lowest BCUT2D eigenvalue weighted by molar-refractivity contribution is -0.132. The fourth-order valence-electron chi connectivity index (χ4n) is 3.19. The maximum Gasteiger partial charge on any atom is 0.236 e. The first-order chi connectivity index (χ1) is 12.7. The zero-order valence-electron chi connectivity index (χ0n) is 15.0. The van der Waals surface area contributed by atoms with Crippen LogP contribution in [0.4, 0.5) is 0 Å². The summed E-state index contributed by atoms with van der Waals surface area (Å²) in [5.74, 6) is 0.195. The molecule has 0 aromatic heterocycles. The molecule has 4 nitrogen and oxygen atoms in total. The van der Waals surface area contributed by atoms with Crippen LogP contribution in [0.5, 0.6) is 0 Å². The van der Waals surface area contributed by atoms with Crippen molar-refractivity contribution >= 4 is 17.5 Å². The van der Waals surface area contributed by atoms with E-state index in [9.17, 15) is 4.79 Å². The van der Waals surface area contributed by atoms with E-state index >= 15 is 0 Å². The van der Waals surface area contributed by atoms with Gasteiger partial charge in [0.05, 0.1) is 6.54 Å². The van der Waals surface area contributed by atoms with Gasteiger partial charge in [-0.15, -0.1) is 0 Å². The van der Waals surface area contributed by atoms with E-state index < -0.39 is 0 Å². The second kappa shape index (κ2) is 9.72. The molecule has 1 amide bonds.